The molecule has 5 nitrogen and oxygen atoms in total. The highest BCUT2D eigenvalue weighted by atomic mass is 32.2. The second kappa shape index (κ2) is 8.36. The summed E-state index contributed by atoms with van der Waals surface area (Å²) in [7, 11) is -3.91. The van der Waals surface area contributed by atoms with Crippen LogP contribution in [0.4, 0.5) is 23.2 Å². The molecule has 10 heteroatoms. The van der Waals surface area contributed by atoms with Crippen molar-refractivity contribution in [3.05, 3.63) is 106 Å². The van der Waals surface area contributed by atoms with E-state index in [2.05, 4.69) is 4.72 Å². The molecule has 3 aromatic carbocycles. The van der Waals surface area contributed by atoms with Crippen LogP contribution < -0.4 is 10.3 Å². The molecule has 4 rings (SSSR count). The van der Waals surface area contributed by atoms with Crippen molar-refractivity contribution in [1.82, 2.24) is 0 Å². The van der Waals surface area contributed by atoms with E-state index in [1.165, 1.54) is 42.5 Å². The normalized spacial score (nSPS) is 12.1. The second-order valence-corrected chi connectivity index (χ2v) is 8.92. The van der Waals surface area contributed by atoms with Crippen molar-refractivity contribution < 1.29 is 30.4 Å². The Labute approximate surface area is 185 Å². The molecule has 0 aliphatic carbocycles. The van der Waals surface area contributed by atoms with E-state index in [1.807, 2.05) is 0 Å². The van der Waals surface area contributed by atoms with Crippen LogP contribution in [-0.4, -0.2) is 8.42 Å². The van der Waals surface area contributed by atoms with Gasteiger partial charge in [-0.25, -0.2) is 17.6 Å². The van der Waals surface area contributed by atoms with Gasteiger partial charge in [0.1, 0.15) is 11.4 Å². The zero-order valence-corrected chi connectivity index (χ0v) is 17.5. The minimum Gasteiger partial charge on any atom is -0.423 e. The summed E-state index contributed by atoms with van der Waals surface area (Å²) in [6, 6.07) is 15.2. The lowest BCUT2D eigenvalue weighted by molar-refractivity contribution is -0.136. The van der Waals surface area contributed by atoms with Crippen molar-refractivity contribution in [3.8, 4) is 0 Å². The van der Waals surface area contributed by atoms with Gasteiger partial charge in [-0.15, -0.1) is 0 Å². The van der Waals surface area contributed by atoms with E-state index in [4.69, 9.17) is 4.42 Å². The van der Waals surface area contributed by atoms with E-state index < -0.39 is 33.2 Å². The van der Waals surface area contributed by atoms with Crippen molar-refractivity contribution >= 4 is 26.7 Å². The summed E-state index contributed by atoms with van der Waals surface area (Å²) >= 11 is 0. The standard InChI is InChI=1S/C23H15F4NO4S/c24-16-4-6-17(7-5-16)28-33(30,31)18-8-1-14(2-9-18)11-15-3-10-21-19(12-15)20(23(25,26)27)13-22(29)32-21/h1-10,12-13,28H,11H2. The number of halogens is 4. The smallest absolute Gasteiger partial charge is 0.417 e. The third-order valence-corrected chi connectivity index (χ3v) is 6.25. The van der Waals surface area contributed by atoms with Crippen LogP contribution in [0, 0.1) is 5.82 Å². The summed E-state index contributed by atoms with van der Waals surface area (Å²) in [5.74, 6) is -0.500. The van der Waals surface area contributed by atoms with Crippen molar-refractivity contribution in [2.45, 2.75) is 17.5 Å². The summed E-state index contributed by atoms with van der Waals surface area (Å²) in [5, 5.41) is -0.234. The number of alkyl halides is 3. The quantitative estimate of drug-likeness (QED) is 0.311. The summed E-state index contributed by atoms with van der Waals surface area (Å²) in [4.78, 5) is 11.4. The maximum Gasteiger partial charge on any atom is 0.417 e. The van der Waals surface area contributed by atoms with Gasteiger partial charge in [0.15, 0.2) is 0 Å². The highest BCUT2D eigenvalue weighted by Gasteiger charge is 2.33. The maximum atomic E-state index is 13.3. The van der Waals surface area contributed by atoms with Crippen LogP contribution in [0.2, 0.25) is 0 Å². The van der Waals surface area contributed by atoms with Gasteiger partial charge in [0.05, 0.1) is 10.5 Å². The Hall–Kier alpha value is -3.66. The molecule has 0 atom stereocenters. The van der Waals surface area contributed by atoms with Gasteiger partial charge < -0.3 is 4.42 Å². The maximum absolute atomic E-state index is 13.3. The van der Waals surface area contributed by atoms with Crippen LogP contribution in [-0.2, 0) is 22.6 Å². The topological polar surface area (TPSA) is 76.4 Å². The molecule has 0 aliphatic heterocycles. The zero-order chi connectivity index (χ0) is 23.8. The average molecular weight is 477 g/mol. The van der Waals surface area contributed by atoms with E-state index in [0.717, 1.165) is 12.1 Å². The number of sulfonamides is 1. The minimum atomic E-state index is -4.72. The molecule has 33 heavy (non-hydrogen) atoms. The molecule has 1 aromatic heterocycles. The number of nitrogens with one attached hydrogen (secondary N) is 1. The SMILES string of the molecule is O=c1cc(C(F)(F)F)c2cc(Cc3ccc(S(=O)(=O)Nc4ccc(F)cc4)cc3)ccc2o1. The van der Waals surface area contributed by atoms with E-state index in [0.29, 0.717) is 17.2 Å². The Balaban J connectivity index is 1.58. The predicted octanol–water partition coefficient (Wildman–Crippen LogP) is 5.34. The highest BCUT2D eigenvalue weighted by Crippen LogP contribution is 2.34. The summed E-state index contributed by atoms with van der Waals surface area (Å²) < 4.78 is 85.2. The third kappa shape index (κ3) is 5.06. The number of rotatable bonds is 5. The largest absolute Gasteiger partial charge is 0.423 e. The van der Waals surface area contributed by atoms with Crippen LogP contribution >= 0.6 is 0 Å². The molecule has 0 radical (unpaired) electrons. The zero-order valence-electron chi connectivity index (χ0n) is 16.7. The van der Waals surface area contributed by atoms with Crippen molar-refractivity contribution in [3.63, 3.8) is 0 Å². The van der Waals surface area contributed by atoms with Crippen molar-refractivity contribution in [2.24, 2.45) is 0 Å². The Morgan fingerprint density at radius 3 is 2.12 bits per heavy atom. The first-order valence-corrected chi connectivity index (χ1v) is 11.0. The summed E-state index contributed by atoms with van der Waals surface area (Å²) in [6.07, 6.45) is -4.50. The lowest BCUT2D eigenvalue weighted by atomic mass is 10.0. The molecule has 0 aliphatic rings. The lowest BCUT2D eigenvalue weighted by Crippen LogP contribution is -2.13. The molecule has 0 bridgehead atoms. The van der Waals surface area contributed by atoms with E-state index in [-0.39, 0.29) is 28.0 Å². The van der Waals surface area contributed by atoms with Crippen molar-refractivity contribution in [1.29, 1.82) is 0 Å². The molecule has 0 saturated heterocycles. The average Bonchev–Trinajstić information content (AvgIpc) is 2.74. The number of anilines is 1. The number of fused-ring (bicyclic) bond motifs is 1. The molecule has 0 amide bonds. The van der Waals surface area contributed by atoms with E-state index in [1.54, 1.807) is 12.1 Å². The highest BCUT2D eigenvalue weighted by molar-refractivity contribution is 7.92. The molecule has 0 spiro atoms. The molecule has 0 saturated carbocycles. The van der Waals surface area contributed by atoms with Crippen LogP contribution in [0.1, 0.15) is 16.7 Å². The molecule has 0 unspecified atom stereocenters. The first-order chi connectivity index (χ1) is 15.5. The third-order valence-electron chi connectivity index (χ3n) is 4.85. The number of hydrogen-bond donors (Lipinski definition) is 1. The van der Waals surface area contributed by atoms with Gasteiger partial charge in [0.25, 0.3) is 10.0 Å². The molecule has 1 heterocycles. The van der Waals surface area contributed by atoms with Gasteiger partial charge in [-0.05, 0) is 66.1 Å². The Bertz CT molecular complexity index is 1480. The van der Waals surface area contributed by atoms with Crippen LogP contribution in [0.25, 0.3) is 11.0 Å². The molecular formula is C23H15F4NO4S. The molecule has 0 fully saturated rings. The fourth-order valence-corrected chi connectivity index (χ4v) is 4.37. The van der Waals surface area contributed by atoms with E-state index in [9.17, 15) is 30.8 Å². The summed E-state index contributed by atoms with van der Waals surface area (Å²) in [5.41, 5.74) is -0.976. The predicted molar refractivity (Wildman–Crippen MR) is 114 cm³/mol. The lowest BCUT2D eigenvalue weighted by Gasteiger charge is -2.11. The molecular weight excluding hydrogens is 462 g/mol. The number of benzene rings is 3. The Morgan fingerprint density at radius 2 is 1.48 bits per heavy atom. The monoisotopic (exact) mass is 477 g/mol. The minimum absolute atomic E-state index is 0.0322. The van der Waals surface area contributed by atoms with Gasteiger partial charge >= 0.3 is 11.8 Å². The van der Waals surface area contributed by atoms with Gasteiger partial charge in [-0.2, -0.15) is 13.2 Å². The van der Waals surface area contributed by atoms with Gasteiger partial charge in [-0.1, -0.05) is 18.2 Å². The fraction of sp³-hybridized carbons (Fsp3) is 0.0870. The van der Waals surface area contributed by atoms with Crippen LogP contribution in [0.3, 0.4) is 0 Å². The molecule has 1 N–H and O–H groups in total. The van der Waals surface area contributed by atoms with Gasteiger partial charge in [-0.3, -0.25) is 4.72 Å². The van der Waals surface area contributed by atoms with Gasteiger partial charge in [0.2, 0.25) is 0 Å². The van der Waals surface area contributed by atoms with E-state index >= 15 is 0 Å². The fourth-order valence-electron chi connectivity index (χ4n) is 3.31. The van der Waals surface area contributed by atoms with Crippen molar-refractivity contribution in [2.75, 3.05) is 4.72 Å². The first kappa shape index (κ1) is 22.5. The number of hydrogen-bond acceptors (Lipinski definition) is 4. The first-order valence-electron chi connectivity index (χ1n) is 9.53. The van der Waals surface area contributed by atoms with Crippen LogP contribution in [0.15, 0.2) is 86.9 Å². The Morgan fingerprint density at radius 1 is 0.848 bits per heavy atom. The van der Waals surface area contributed by atoms with Crippen LogP contribution in [0.5, 0.6) is 0 Å². The summed E-state index contributed by atoms with van der Waals surface area (Å²) in [6.45, 7) is 0. The second-order valence-electron chi connectivity index (χ2n) is 7.24. The molecule has 4 aromatic rings. The molecule has 170 valence electrons. The Kier molecular flexibility index (Phi) is 5.71. The van der Waals surface area contributed by atoms with Gasteiger partial charge in [0, 0.05) is 17.1 Å².